The molecule has 1 aromatic carbocycles. The number of halogens is 1. The third-order valence-corrected chi connectivity index (χ3v) is 5.62. The van der Waals surface area contributed by atoms with E-state index in [0.717, 1.165) is 15.3 Å². The van der Waals surface area contributed by atoms with Gasteiger partial charge < -0.3 is 5.32 Å². The summed E-state index contributed by atoms with van der Waals surface area (Å²) in [6.07, 6.45) is 2.52. The molecule has 0 radical (unpaired) electrons. The summed E-state index contributed by atoms with van der Waals surface area (Å²) in [4.78, 5) is 30.9. The van der Waals surface area contributed by atoms with Crippen LogP contribution >= 0.6 is 22.7 Å². The van der Waals surface area contributed by atoms with Gasteiger partial charge in [-0.05, 0) is 36.8 Å². The Hall–Kier alpha value is -2.38. The van der Waals surface area contributed by atoms with Crippen molar-refractivity contribution in [2.24, 2.45) is 0 Å². The van der Waals surface area contributed by atoms with E-state index in [0.29, 0.717) is 16.4 Å². The standard InChI is InChI=1S/C19H17FN2O2S2/c1-12-5-7-17(25-12)16(23)6-8-18(24)22-19-21-11-15(26-19)10-13-3-2-4-14(20)9-13/h2-5,7,9,11H,6,8,10H2,1H3,(H,21,22,24). The molecule has 4 nitrogen and oxygen atoms in total. The number of Topliss-reactive ketones (excluding diaryl/α,β-unsaturated/α-hetero) is 1. The first-order chi connectivity index (χ1) is 12.5. The first kappa shape index (κ1) is 18.4. The number of hydrogen-bond acceptors (Lipinski definition) is 5. The zero-order valence-corrected chi connectivity index (χ0v) is 15.8. The lowest BCUT2D eigenvalue weighted by Gasteiger charge is -2.01. The first-order valence-corrected chi connectivity index (χ1v) is 9.71. The van der Waals surface area contributed by atoms with Gasteiger partial charge in [0.25, 0.3) is 0 Å². The second-order valence-electron chi connectivity index (χ2n) is 5.82. The molecular formula is C19H17FN2O2S2. The summed E-state index contributed by atoms with van der Waals surface area (Å²) in [7, 11) is 0. The minimum absolute atomic E-state index is 0.0239. The summed E-state index contributed by atoms with van der Waals surface area (Å²) in [5.41, 5.74) is 0.850. The fraction of sp³-hybridized carbons (Fsp3) is 0.211. The molecule has 0 aliphatic heterocycles. The molecule has 0 saturated heterocycles. The Morgan fingerprint density at radius 1 is 1.15 bits per heavy atom. The lowest BCUT2D eigenvalue weighted by molar-refractivity contribution is -0.116. The molecule has 26 heavy (non-hydrogen) atoms. The molecule has 0 aliphatic carbocycles. The van der Waals surface area contributed by atoms with Crippen LogP contribution in [-0.4, -0.2) is 16.7 Å². The SMILES string of the molecule is Cc1ccc(C(=O)CCC(=O)Nc2ncc(Cc3cccc(F)c3)s2)s1. The van der Waals surface area contributed by atoms with Crippen LogP contribution in [0, 0.1) is 12.7 Å². The Morgan fingerprint density at radius 3 is 2.73 bits per heavy atom. The van der Waals surface area contributed by atoms with E-state index in [1.54, 1.807) is 18.3 Å². The van der Waals surface area contributed by atoms with E-state index in [1.165, 1.54) is 34.8 Å². The van der Waals surface area contributed by atoms with Crippen LogP contribution in [0.15, 0.2) is 42.6 Å². The minimum atomic E-state index is -0.272. The third kappa shape index (κ3) is 5.06. The van der Waals surface area contributed by atoms with Gasteiger partial charge in [0.1, 0.15) is 5.82 Å². The van der Waals surface area contributed by atoms with Crippen molar-refractivity contribution in [2.45, 2.75) is 26.2 Å². The van der Waals surface area contributed by atoms with Crippen LogP contribution < -0.4 is 5.32 Å². The van der Waals surface area contributed by atoms with Gasteiger partial charge in [0.2, 0.25) is 5.91 Å². The number of carbonyl (C=O) groups excluding carboxylic acids is 2. The Labute approximate surface area is 158 Å². The van der Waals surface area contributed by atoms with Crippen molar-refractivity contribution in [3.63, 3.8) is 0 Å². The van der Waals surface area contributed by atoms with E-state index in [4.69, 9.17) is 0 Å². The van der Waals surface area contributed by atoms with Crippen LogP contribution in [0.1, 0.15) is 37.8 Å². The van der Waals surface area contributed by atoms with Gasteiger partial charge in [0.05, 0.1) is 4.88 Å². The number of rotatable bonds is 7. The first-order valence-electron chi connectivity index (χ1n) is 8.08. The summed E-state index contributed by atoms with van der Waals surface area (Å²) in [6, 6.07) is 10.1. The highest BCUT2D eigenvalue weighted by Crippen LogP contribution is 2.22. The molecular weight excluding hydrogens is 371 g/mol. The summed E-state index contributed by atoms with van der Waals surface area (Å²) < 4.78 is 13.2. The number of aromatic nitrogens is 1. The van der Waals surface area contributed by atoms with Gasteiger partial charge in [0.15, 0.2) is 10.9 Å². The van der Waals surface area contributed by atoms with Gasteiger partial charge in [-0.15, -0.1) is 22.7 Å². The maximum atomic E-state index is 13.2. The zero-order chi connectivity index (χ0) is 18.5. The van der Waals surface area contributed by atoms with Crippen LogP contribution in [0.25, 0.3) is 0 Å². The topological polar surface area (TPSA) is 59.1 Å². The second-order valence-corrected chi connectivity index (χ2v) is 8.22. The van der Waals surface area contributed by atoms with E-state index in [2.05, 4.69) is 10.3 Å². The smallest absolute Gasteiger partial charge is 0.226 e. The van der Waals surface area contributed by atoms with Crippen molar-refractivity contribution in [3.8, 4) is 0 Å². The number of benzene rings is 1. The van der Waals surface area contributed by atoms with Crippen molar-refractivity contribution < 1.29 is 14.0 Å². The number of hydrogen-bond donors (Lipinski definition) is 1. The molecule has 0 aliphatic rings. The molecule has 1 amide bonds. The van der Waals surface area contributed by atoms with Gasteiger partial charge in [-0.2, -0.15) is 0 Å². The maximum absolute atomic E-state index is 13.2. The highest BCUT2D eigenvalue weighted by Gasteiger charge is 2.12. The van der Waals surface area contributed by atoms with Gasteiger partial charge >= 0.3 is 0 Å². The fourth-order valence-electron chi connectivity index (χ4n) is 2.41. The Kier molecular flexibility index (Phi) is 5.90. The number of nitrogens with one attached hydrogen (secondary N) is 1. The van der Waals surface area contributed by atoms with Crippen LogP contribution in [0.3, 0.4) is 0 Å². The number of carbonyl (C=O) groups is 2. The summed E-state index contributed by atoms with van der Waals surface area (Å²) >= 11 is 2.79. The molecule has 0 saturated carbocycles. The molecule has 3 rings (SSSR count). The van der Waals surface area contributed by atoms with Crippen molar-refractivity contribution >= 4 is 39.5 Å². The van der Waals surface area contributed by atoms with E-state index < -0.39 is 0 Å². The lowest BCUT2D eigenvalue weighted by atomic mass is 10.1. The second kappa shape index (κ2) is 8.33. The van der Waals surface area contributed by atoms with Crippen LogP contribution in [-0.2, 0) is 11.2 Å². The number of aryl methyl sites for hydroxylation is 1. The largest absolute Gasteiger partial charge is 0.302 e. The Morgan fingerprint density at radius 2 is 2.00 bits per heavy atom. The molecule has 0 unspecified atom stereocenters. The quantitative estimate of drug-likeness (QED) is 0.589. The van der Waals surface area contributed by atoms with Crippen molar-refractivity contribution in [1.82, 2.24) is 4.98 Å². The van der Waals surface area contributed by atoms with E-state index in [9.17, 15) is 14.0 Å². The average molecular weight is 388 g/mol. The highest BCUT2D eigenvalue weighted by molar-refractivity contribution is 7.15. The number of thiazole rings is 1. The number of thiophene rings is 1. The van der Waals surface area contributed by atoms with Crippen LogP contribution in [0.5, 0.6) is 0 Å². The fourth-order valence-corrected chi connectivity index (χ4v) is 4.11. The van der Waals surface area contributed by atoms with E-state index >= 15 is 0 Å². The molecule has 134 valence electrons. The molecule has 2 heterocycles. The Bertz CT molecular complexity index is 933. The molecule has 1 N–H and O–H groups in total. The van der Waals surface area contributed by atoms with E-state index in [-0.39, 0.29) is 30.3 Å². The zero-order valence-electron chi connectivity index (χ0n) is 14.1. The van der Waals surface area contributed by atoms with Gasteiger partial charge in [-0.3, -0.25) is 9.59 Å². The van der Waals surface area contributed by atoms with Crippen LogP contribution in [0.4, 0.5) is 9.52 Å². The molecule has 0 bridgehead atoms. The summed E-state index contributed by atoms with van der Waals surface area (Å²) in [5.74, 6) is -0.534. The minimum Gasteiger partial charge on any atom is -0.302 e. The predicted molar refractivity (Wildman–Crippen MR) is 103 cm³/mol. The van der Waals surface area contributed by atoms with Crippen molar-refractivity contribution in [3.05, 3.63) is 68.6 Å². The van der Waals surface area contributed by atoms with Crippen molar-refractivity contribution in [2.75, 3.05) is 5.32 Å². The predicted octanol–water partition coefficient (Wildman–Crippen LogP) is 4.84. The molecule has 0 spiro atoms. The number of amides is 1. The molecule has 0 fully saturated rings. The molecule has 7 heteroatoms. The van der Waals surface area contributed by atoms with Crippen LogP contribution in [0.2, 0.25) is 0 Å². The Balaban J connectivity index is 1.50. The number of ketones is 1. The summed E-state index contributed by atoms with van der Waals surface area (Å²) in [6.45, 7) is 1.94. The average Bonchev–Trinajstić information content (AvgIpc) is 3.22. The monoisotopic (exact) mass is 388 g/mol. The van der Waals surface area contributed by atoms with Crippen molar-refractivity contribution in [1.29, 1.82) is 0 Å². The number of nitrogens with zero attached hydrogens (tertiary/aromatic N) is 1. The van der Waals surface area contributed by atoms with Gasteiger partial charge in [0, 0.05) is 35.2 Å². The molecule has 2 aromatic heterocycles. The summed E-state index contributed by atoms with van der Waals surface area (Å²) in [5, 5.41) is 3.20. The highest BCUT2D eigenvalue weighted by atomic mass is 32.1. The third-order valence-electron chi connectivity index (χ3n) is 3.66. The normalized spacial score (nSPS) is 10.7. The van der Waals surface area contributed by atoms with E-state index in [1.807, 2.05) is 19.1 Å². The molecule has 3 aromatic rings. The van der Waals surface area contributed by atoms with Gasteiger partial charge in [-0.1, -0.05) is 12.1 Å². The molecule has 0 atom stereocenters. The lowest BCUT2D eigenvalue weighted by Crippen LogP contribution is -2.12. The number of anilines is 1. The maximum Gasteiger partial charge on any atom is 0.226 e. The van der Waals surface area contributed by atoms with Gasteiger partial charge in [-0.25, -0.2) is 9.37 Å².